The number of rotatable bonds is 3. The minimum atomic E-state index is 0. The highest BCUT2D eigenvalue weighted by atomic mass is 16.5. The summed E-state index contributed by atoms with van der Waals surface area (Å²) in [4.78, 5) is 9.32. The molecule has 5 aromatic rings. The molecule has 2 aromatic carbocycles. The third-order valence-electron chi connectivity index (χ3n) is 6.33. The lowest BCUT2D eigenvalue weighted by molar-refractivity contribution is -0.876. The van der Waals surface area contributed by atoms with Crippen molar-refractivity contribution in [2.24, 2.45) is 0 Å². The Balaban J connectivity index is 0.00000216. The molecule has 1 aliphatic carbocycles. The molecule has 0 atom stereocenters. The number of nitrogen functional groups attached to an aromatic ring is 1. The fraction of sp³-hybridized carbons (Fsp3) is 0.192. The van der Waals surface area contributed by atoms with E-state index in [0.29, 0.717) is 17.3 Å². The monoisotopic (exact) mass is 424 g/mol. The molecule has 0 spiro atoms. The van der Waals surface area contributed by atoms with Crippen molar-refractivity contribution < 1.29 is 9.94 Å². The maximum Gasteiger partial charge on any atom is 0.265 e. The first-order chi connectivity index (χ1) is 15.2. The lowest BCUT2D eigenvalue weighted by atomic mass is 9.85. The van der Waals surface area contributed by atoms with Crippen molar-refractivity contribution in [2.75, 3.05) is 5.73 Å². The van der Waals surface area contributed by atoms with E-state index in [9.17, 15) is 5.21 Å². The van der Waals surface area contributed by atoms with E-state index in [1.54, 1.807) is 6.20 Å². The maximum atomic E-state index is 11.0. The number of benzene rings is 2. The van der Waals surface area contributed by atoms with E-state index in [1.807, 2.05) is 66.9 Å². The Hall–Kier alpha value is -3.93. The molecule has 1 fully saturated rings. The number of hydrogen-bond acceptors (Lipinski definition) is 4. The molecule has 1 aliphatic rings. The maximum absolute atomic E-state index is 11.0. The number of anilines is 1. The standard InChI is InChI=1S/C25H22N5O.CH4/c26-24-23-22(28-25(18-7-4-8-18)29(23)14-13-27-24)19-10-9-17-11-12-20(30(31)21(17)15-19)16-5-2-1-3-6-16;/h1-3,5-6,9-15,18,31H,4,7-8H2,(H2,26,27);1H4/q+1;. The molecule has 0 unspecified atom stereocenters. The highest BCUT2D eigenvalue weighted by molar-refractivity contribution is 5.90. The van der Waals surface area contributed by atoms with E-state index >= 15 is 0 Å². The average Bonchev–Trinajstić information content (AvgIpc) is 3.14. The number of hydrogen-bond donors (Lipinski definition) is 2. The number of aromatic nitrogens is 4. The van der Waals surface area contributed by atoms with Gasteiger partial charge in [-0.2, -0.15) is 0 Å². The summed E-state index contributed by atoms with van der Waals surface area (Å²) in [6, 6.07) is 19.8. The second-order valence-corrected chi connectivity index (χ2v) is 8.15. The minimum Gasteiger partial charge on any atom is -0.382 e. The van der Waals surface area contributed by atoms with Crippen LogP contribution in [0.15, 0.2) is 73.1 Å². The topological polar surface area (TPSA) is 80.3 Å². The summed E-state index contributed by atoms with van der Waals surface area (Å²) >= 11 is 0. The van der Waals surface area contributed by atoms with E-state index in [4.69, 9.17) is 10.7 Å². The first kappa shape index (κ1) is 20.0. The molecule has 32 heavy (non-hydrogen) atoms. The Morgan fingerprint density at radius 2 is 1.78 bits per heavy atom. The van der Waals surface area contributed by atoms with E-state index in [2.05, 4.69) is 9.38 Å². The van der Waals surface area contributed by atoms with Crippen molar-refractivity contribution in [2.45, 2.75) is 32.6 Å². The van der Waals surface area contributed by atoms with Crippen molar-refractivity contribution >= 4 is 22.2 Å². The molecule has 3 N–H and O–H groups in total. The number of imidazole rings is 1. The molecule has 0 amide bonds. The van der Waals surface area contributed by atoms with Crippen LogP contribution in [0.4, 0.5) is 5.82 Å². The second kappa shape index (κ2) is 7.64. The van der Waals surface area contributed by atoms with Crippen LogP contribution in [-0.4, -0.2) is 19.6 Å². The highest BCUT2D eigenvalue weighted by Crippen LogP contribution is 2.39. The summed E-state index contributed by atoms with van der Waals surface area (Å²) in [5.74, 6) is 1.96. The summed E-state index contributed by atoms with van der Waals surface area (Å²) in [5.41, 5.74) is 11.2. The van der Waals surface area contributed by atoms with Crippen LogP contribution in [0.2, 0.25) is 0 Å². The summed E-state index contributed by atoms with van der Waals surface area (Å²) in [5, 5.41) is 12.0. The van der Waals surface area contributed by atoms with E-state index < -0.39 is 0 Å². The largest absolute Gasteiger partial charge is 0.382 e. The number of fused-ring (bicyclic) bond motifs is 2. The van der Waals surface area contributed by atoms with Gasteiger partial charge in [-0.05, 0) is 37.1 Å². The van der Waals surface area contributed by atoms with Crippen LogP contribution in [0.25, 0.3) is 38.9 Å². The molecule has 160 valence electrons. The highest BCUT2D eigenvalue weighted by Gasteiger charge is 2.27. The van der Waals surface area contributed by atoms with Crippen LogP contribution in [-0.2, 0) is 0 Å². The third kappa shape index (κ3) is 2.99. The van der Waals surface area contributed by atoms with Gasteiger partial charge in [0.25, 0.3) is 11.2 Å². The zero-order valence-corrected chi connectivity index (χ0v) is 16.9. The van der Waals surface area contributed by atoms with Gasteiger partial charge in [0.15, 0.2) is 0 Å². The van der Waals surface area contributed by atoms with Crippen LogP contribution in [0.3, 0.4) is 0 Å². The third-order valence-corrected chi connectivity index (χ3v) is 6.33. The summed E-state index contributed by atoms with van der Waals surface area (Å²) in [7, 11) is 0. The number of pyridine rings is 1. The van der Waals surface area contributed by atoms with Crippen molar-refractivity contribution in [3.05, 3.63) is 78.9 Å². The number of nitrogens with zero attached hydrogens (tertiary/aromatic N) is 4. The molecule has 6 nitrogen and oxygen atoms in total. The van der Waals surface area contributed by atoms with Crippen LogP contribution < -0.4 is 10.5 Å². The van der Waals surface area contributed by atoms with E-state index in [0.717, 1.165) is 52.1 Å². The van der Waals surface area contributed by atoms with Crippen LogP contribution in [0.5, 0.6) is 0 Å². The molecule has 3 aromatic heterocycles. The first-order valence-corrected chi connectivity index (χ1v) is 10.6. The zero-order valence-electron chi connectivity index (χ0n) is 16.9. The molecule has 0 bridgehead atoms. The smallest absolute Gasteiger partial charge is 0.265 e. The predicted octanol–water partition coefficient (Wildman–Crippen LogP) is 5.23. The van der Waals surface area contributed by atoms with Crippen molar-refractivity contribution in [3.63, 3.8) is 0 Å². The Labute approximate surface area is 186 Å². The summed E-state index contributed by atoms with van der Waals surface area (Å²) < 4.78 is 3.33. The quantitative estimate of drug-likeness (QED) is 0.307. The molecule has 6 rings (SSSR count). The first-order valence-electron chi connectivity index (χ1n) is 10.6. The van der Waals surface area contributed by atoms with E-state index in [-0.39, 0.29) is 7.43 Å². The van der Waals surface area contributed by atoms with Crippen LogP contribution >= 0.6 is 0 Å². The van der Waals surface area contributed by atoms with Gasteiger partial charge >= 0.3 is 0 Å². The van der Waals surface area contributed by atoms with Crippen molar-refractivity contribution in [3.8, 4) is 22.5 Å². The van der Waals surface area contributed by atoms with Gasteiger partial charge < -0.3 is 5.73 Å². The van der Waals surface area contributed by atoms with Gasteiger partial charge in [-0.25, -0.2) is 9.97 Å². The molecular formula is C26H26N5O+. The normalized spacial score (nSPS) is 13.8. The summed E-state index contributed by atoms with van der Waals surface area (Å²) in [6.07, 6.45) is 7.20. The molecule has 0 radical (unpaired) electrons. The predicted molar refractivity (Wildman–Crippen MR) is 126 cm³/mol. The Morgan fingerprint density at radius 1 is 1.00 bits per heavy atom. The molecule has 0 saturated heterocycles. The van der Waals surface area contributed by atoms with Gasteiger partial charge in [-0.1, -0.05) is 38.1 Å². The Morgan fingerprint density at radius 3 is 2.53 bits per heavy atom. The van der Waals surface area contributed by atoms with Gasteiger partial charge in [0.2, 0.25) is 0 Å². The minimum absolute atomic E-state index is 0. The second-order valence-electron chi connectivity index (χ2n) is 8.15. The SMILES string of the molecule is C.Nc1nccn2c(C3CCC3)nc(-c3ccc4ccc(-c5ccccc5)[n+](O)c4c3)c12. The molecule has 1 saturated carbocycles. The van der Waals surface area contributed by atoms with E-state index in [1.165, 1.54) is 11.2 Å². The molecular weight excluding hydrogens is 398 g/mol. The Kier molecular flexibility index (Phi) is 4.78. The lowest BCUT2D eigenvalue weighted by Gasteiger charge is -2.23. The fourth-order valence-electron chi connectivity index (χ4n) is 4.45. The molecule has 3 heterocycles. The number of nitrogens with two attached hydrogens (primary N) is 1. The van der Waals surface area contributed by atoms with Crippen molar-refractivity contribution in [1.82, 2.24) is 14.4 Å². The van der Waals surface area contributed by atoms with Gasteiger partial charge in [0.05, 0.1) is 10.9 Å². The van der Waals surface area contributed by atoms with Crippen molar-refractivity contribution in [1.29, 1.82) is 0 Å². The van der Waals surface area contributed by atoms with Gasteiger partial charge in [-0.3, -0.25) is 9.61 Å². The van der Waals surface area contributed by atoms with Gasteiger partial charge in [0, 0.05) is 40.7 Å². The zero-order chi connectivity index (χ0) is 20.9. The van der Waals surface area contributed by atoms with Crippen LogP contribution in [0, 0.1) is 0 Å². The lowest BCUT2D eigenvalue weighted by Crippen LogP contribution is -2.33. The molecule has 0 aliphatic heterocycles. The van der Waals surface area contributed by atoms with Gasteiger partial charge in [0.1, 0.15) is 22.9 Å². The van der Waals surface area contributed by atoms with Gasteiger partial charge in [-0.15, -0.1) is 0 Å². The molecule has 6 heteroatoms. The Bertz CT molecular complexity index is 1440. The summed E-state index contributed by atoms with van der Waals surface area (Å²) in [6.45, 7) is 0. The fourth-order valence-corrected chi connectivity index (χ4v) is 4.45. The average molecular weight is 425 g/mol. The van der Waals surface area contributed by atoms with Crippen LogP contribution in [0.1, 0.15) is 38.4 Å².